The predicted molar refractivity (Wildman–Crippen MR) is 99.5 cm³/mol. The third-order valence-corrected chi connectivity index (χ3v) is 4.41. The average molecular weight is 328 g/mol. The Morgan fingerprint density at radius 3 is 2.67 bits per heavy atom. The number of methoxy groups -OCH3 is 1. The topological polar surface area (TPSA) is 64.3 Å². The van der Waals surface area contributed by atoms with Gasteiger partial charge in [-0.2, -0.15) is 0 Å². The van der Waals surface area contributed by atoms with E-state index in [0.29, 0.717) is 6.42 Å². The van der Waals surface area contributed by atoms with Crippen LogP contribution in [0.25, 0.3) is 10.8 Å². The maximum Gasteiger partial charge on any atom is 0.224 e. The van der Waals surface area contributed by atoms with Gasteiger partial charge in [-0.05, 0) is 60.3 Å². The average Bonchev–Trinajstić information content (AvgIpc) is 2.60. The van der Waals surface area contributed by atoms with Crippen LogP contribution >= 0.6 is 0 Å². The molecule has 2 aromatic rings. The Labute approximate surface area is 144 Å². The highest BCUT2D eigenvalue weighted by Crippen LogP contribution is 2.26. The zero-order chi connectivity index (χ0) is 17.4. The number of carbonyl (C=O) groups is 1. The number of aryl methyl sites for hydroxylation is 1. The lowest BCUT2D eigenvalue weighted by Gasteiger charge is -2.11. The van der Waals surface area contributed by atoms with Crippen molar-refractivity contribution >= 4 is 16.7 Å². The molecule has 0 aliphatic heterocycles. The van der Waals surface area contributed by atoms with E-state index in [9.17, 15) is 4.79 Å². The normalized spacial score (nSPS) is 10.8. The SMILES string of the molecule is COc1ccc2c(C)c(CC(=O)NCCCCCCN)ccc2c1. The highest BCUT2D eigenvalue weighted by Gasteiger charge is 2.09. The monoisotopic (exact) mass is 328 g/mol. The van der Waals surface area contributed by atoms with E-state index in [1.54, 1.807) is 7.11 Å². The van der Waals surface area contributed by atoms with E-state index in [-0.39, 0.29) is 5.91 Å². The van der Waals surface area contributed by atoms with Crippen molar-refractivity contribution in [2.24, 2.45) is 5.73 Å². The molecule has 1 amide bonds. The fourth-order valence-electron chi connectivity index (χ4n) is 2.91. The van der Waals surface area contributed by atoms with Gasteiger partial charge in [0.1, 0.15) is 5.75 Å². The van der Waals surface area contributed by atoms with Gasteiger partial charge in [0.2, 0.25) is 5.91 Å². The van der Waals surface area contributed by atoms with E-state index in [2.05, 4.69) is 24.4 Å². The highest BCUT2D eigenvalue weighted by atomic mass is 16.5. The lowest BCUT2D eigenvalue weighted by atomic mass is 9.98. The maximum atomic E-state index is 12.1. The Morgan fingerprint density at radius 2 is 1.92 bits per heavy atom. The van der Waals surface area contributed by atoms with Crippen molar-refractivity contribution < 1.29 is 9.53 Å². The summed E-state index contributed by atoms with van der Waals surface area (Å²) in [7, 11) is 1.67. The molecule has 0 radical (unpaired) electrons. The van der Waals surface area contributed by atoms with Gasteiger partial charge in [0, 0.05) is 6.54 Å². The summed E-state index contributed by atoms with van der Waals surface area (Å²) in [6, 6.07) is 10.1. The van der Waals surface area contributed by atoms with Crippen LogP contribution in [-0.2, 0) is 11.2 Å². The first-order chi connectivity index (χ1) is 11.7. The van der Waals surface area contributed by atoms with E-state index in [4.69, 9.17) is 10.5 Å². The third kappa shape index (κ3) is 4.96. The first kappa shape index (κ1) is 18.3. The second kappa shape index (κ2) is 9.28. The van der Waals surface area contributed by atoms with Crippen LogP contribution in [0.1, 0.15) is 36.8 Å². The fourth-order valence-corrected chi connectivity index (χ4v) is 2.91. The molecule has 0 aliphatic carbocycles. The van der Waals surface area contributed by atoms with Crippen LogP contribution in [0.15, 0.2) is 30.3 Å². The molecule has 0 heterocycles. The molecular weight excluding hydrogens is 300 g/mol. The number of hydrogen-bond donors (Lipinski definition) is 2. The zero-order valence-electron chi connectivity index (χ0n) is 14.7. The second-order valence-electron chi connectivity index (χ2n) is 6.17. The molecule has 130 valence electrons. The molecule has 0 atom stereocenters. The van der Waals surface area contributed by atoms with Crippen LogP contribution in [0, 0.1) is 6.92 Å². The number of nitrogens with one attached hydrogen (secondary N) is 1. The van der Waals surface area contributed by atoms with Gasteiger partial charge < -0.3 is 15.8 Å². The highest BCUT2D eigenvalue weighted by molar-refractivity contribution is 5.89. The molecule has 0 spiro atoms. The molecular formula is C20H28N2O2. The van der Waals surface area contributed by atoms with Gasteiger partial charge in [0.25, 0.3) is 0 Å². The van der Waals surface area contributed by atoms with E-state index in [0.717, 1.165) is 61.0 Å². The van der Waals surface area contributed by atoms with Crippen molar-refractivity contribution in [2.45, 2.75) is 39.0 Å². The van der Waals surface area contributed by atoms with Crippen molar-refractivity contribution in [3.05, 3.63) is 41.5 Å². The zero-order valence-corrected chi connectivity index (χ0v) is 14.7. The van der Waals surface area contributed by atoms with Gasteiger partial charge in [-0.1, -0.05) is 31.0 Å². The molecule has 0 unspecified atom stereocenters. The van der Waals surface area contributed by atoms with Gasteiger partial charge in [-0.25, -0.2) is 0 Å². The predicted octanol–water partition coefficient (Wildman–Crippen LogP) is 3.33. The van der Waals surface area contributed by atoms with Gasteiger partial charge in [0.15, 0.2) is 0 Å². The molecule has 0 saturated carbocycles. The van der Waals surface area contributed by atoms with Gasteiger partial charge in [-0.3, -0.25) is 4.79 Å². The Balaban J connectivity index is 1.92. The number of unbranched alkanes of at least 4 members (excludes halogenated alkanes) is 3. The number of ether oxygens (including phenoxy) is 1. The molecule has 4 heteroatoms. The quantitative estimate of drug-likeness (QED) is 0.694. The van der Waals surface area contributed by atoms with Crippen LogP contribution in [-0.4, -0.2) is 26.1 Å². The number of amides is 1. The Hall–Kier alpha value is -2.07. The summed E-state index contributed by atoms with van der Waals surface area (Å²) in [6.07, 6.45) is 4.77. The molecule has 2 rings (SSSR count). The van der Waals surface area contributed by atoms with Crippen LogP contribution in [0.3, 0.4) is 0 Å². The number of rotatable bonds is 9. The summed E-state index contributed by atoms with van der Waals surface area (Å²) >= 11 is 0. The fraction of sp³-hybridized carbons (Fsp3) is 0.450. The third-order valence-electron chi connectivity index (χ3n) is 4.41. The van der Waals surface area contributed by atoms with E-state index in [1.165, 1.54) is 5.39 Å². The summed E-state index contributed by atoms with van der Waals surface area (Å²) in [5.41, 5.74) is 7.71. The van der Waals surface area contributed by atoms with Crippen LogP contribution in [0.4, 0.5) is 0 Å². The second-order valence-corrected chi connectivity index (χ2v) is 6.17. The standard InChI is InChI=1S/C20H28N2O2/c1-15-16(14-20(23)22-12-6-4-3-5-11-21)7-8-17-13-18(24-2)9-10-19(15)17/h7-10,13H,3-6,11-12,14,21H2,1-2H3,(H,22,23). The van der Waals surface area contributed by atoms with Crippen LogP contribution in [0.5, 0.6) is 5.75 Å². The Morgan fingerprint density at radius 1 is 1.12 bits per heavy atom. The maximum absolute atomic E-state index is 12.1. The molecule has 24 heavy (non-hydrogen) atoms. The first-order valence-electron chi connectivity index (χ1n) is 8.68. The number of fused-ring (bicyclic) bond motifs is 1. The summed E-state index contributed by atoms with van der Waals surface area (Å²) in [6.45, 7) is 3.57. The minimum absolute atomic E-state index is 0.0878. The summed E-state index contributed by atoms with van der Waals surface area (Å²) in [4.78, 5) is 12.1. The van der Waals surface area contributed by atoms with Crippen LogP contribution < -0.4 is 15.8 Å². The lowest BCUT2D eigenvalue weighted by Crippen LogP contribution is -2.26. The van der Waals surface area contributed by atoms with E-state index in [1.807, 2.05) is 18.2 Å². The lowest BCUT2D eigenvalue weighted by molar-refractivity contribution is -0.120. The van der Waals surface area contributed by atoms with Crippen molar-refractivity contribution in [1.29, 1.82) is 0 Å². The molecule has 0 fully saturated rings. The number of benzene rings is 2. The number of nitrogens with two attached hydrogens (primary N) is 1. The van der Waals surface area contributed by atoms with Gasteiger partial charge >= 0.3 is 0 Å². The number of hydrogen-bond acceptors (Lipinski definition) is 3. The molecule has 3 N–H and O–H groups in total. The minimum Gasteiger partial charge on any atom is -0.497 e. The summed E-state index contributed by atoms with van der Waals surface area (Å²) < 4.78 is 5.27. The van der Waals surface area contributed by atoms with Crippen molar-refractivity contribution in [3.8, 4) is 5.75 Å². The van der Waals surface area contributed by atoms with Crippen molar-refractivity contribution in [1.82, 2.24) is 5.32 Å². The Kier molecular flexibility index (Phi) is 7.07. The van der Waals surface area contributed by atoms with Crippen LogP contribution in [0.2, 0.25) is 0 Å². The Bertz CT molecular complexity index is 683. The molecule has 0 saturated heterocycles. The molecule has 0 bridgehead atoms. The molecule has 0 aromatic heterocycles. The molecule has 4 nitrogen and oxygen atoms in total. The van der Waals surface area contributed by atoms with E-state index < -0.39 is 0 Å². The molecule has 0 aliphatic rings. The summed E-state index contributed by atoms with van der Waals surface area (Å²) in [5, 5.41) is 5.32. The smallest absolute Gasteiger partial charge is 0.224 e. The minimum atomic E-state index is 0.0878. The first-order valence-corrected chi connectivity index (χ1v) is 8.68. The van der Waals surface area contributed by atoms with Gasteiger partial charge in [0.05, 0.1) is 13.5 Å². The largest absolute Gasteiger partial charge is 0.497 e. The van der Waals surface area contributed by atoms with Crippen molar-refractivity contribution in [3.63, 3.8) is 0 Å². The number of carbonyl (C=O) groups excluding carboxylic acids is 1. The summed E-state index contributed by atoms with van der Waals surface area (Å²) in [5.74, 6) is 0.937. The molecule has 2 aromatic carbocycles. The van der Waals surface area contributed by atoms with E-state index >= 15 is 0 Å². The van der Waals surface area contributed by atoms with Gasteiger partial charge in [-0.15, -0.1) is 0 Å². The van der Waals surface area contributed by atoms with Crippen molar-refractivity contribution in [2.75, 3.05) is 20.2 Å².